The van der Waals surface area contributed by atoms with Crippen LogP contribution in [0.25, 0.3) is 5.69 Å². The molecule has 0 unspecified atom stereocenters. The van der Waals surface area contributed by atoms with Gasteiger partial charge >= 0.3 is 0 Å². The summed E-state index contributed by atoms with van der Waals surface area (Å²) in [5.41, 5.74) is 5.92. The Labute approximate surface area is 89.3 Å². The molecule has 1 aromatic heterocycles. The van der Waals surface area contributed by atoms with E-state index in [1.165, 1.54) is 6.20 Å². The van der Waals surface area contributed by atoms with Crippen LogP contribution in [0.1, 0.15) is 5.56 Å². The van der Waals surface area contributed by atoms with Crippen molar-refractivity contribution in [3.63, 3.8) is 0 Å². The number of nitrogen functional groups attached to an aromatic ring is 1. The third kappa shape index (κ3) is 1.62. The van der Waals surface area contributed by atoms with Crippen LogP contribution in [0.4, 0.5) is 19.0 Å². The van der Waals surface area contributed by atoms with Crippen LogP contribution in [0, 0.1) is 24.4 Å². The van der Waals surface area contributed by atoms with Crippen LogP contribution in [-0.4, -0.2) is 9.78 Å². The molecule has 0 aliphatic carbocycles. The summed E-state index contributed by atoms with van der Waals surface area (Å²) in [5.74, 6) is -3.06. The maximum Gasteiger partial charge on any atom is 0.161 e. The third-order valence-corrected chi connectivity index (χ3v) is 2.17. The highest BCUT2D eigenvalue weighted by atomic mass is 19.2. The van der Waals surface area contributed by atoms with Crippen molar-refractivity contribution in [3.05, 3.63) is 41.3 Å². The number of nitrogens with two attached hydrogens (primary N) is 1. The van der Waals surface area contributed by atoms with E-state index in [2.05, 4.69) is 5.10 Å². The van der Waals surface area contributed by atoms with E-state index in [-0.39, 0.29) is 11.5 Å². The van der Waals surface area contributed by atoms with Gasteiger partial charge in [-0.15, -0.1) is 0 Å². The van der Waals surface area contributed by atoms with Gasteiger partial charge in [-0.25, -0.2) is 17.9 Å². The van der Waals surface area contributed by atoms with Crippen LogP contribution in [0.2, 0.25) is 0 Å². The van der Waals surface area contributed by atoms with Crippen molar-refractivity contribution >= 4 is 5.82 Å². The highest BCUT2D eigenvalue weighted by molar-refractivity contribution is 5.41. The summed E-state index contributed by atoms with van der Waals surface area (Å²) < 4.78 is 40.0. The lowest BCUT2D eigenvalue weighted by Gasteiger charge is -2.03. The molecule has 0 aliphatic rings. The maximum atomic E-state index is 13.3. The molecule has 2 aromatic rings. The molecule has 0 radical (unpaired) electrons. The number of aryl methyl sites for hydroxylation is 1. The van der Waals surface area contributed by atoms with E-state index in [4.69, 9.17) is 5.73 Å². The van der Waals surface area contributed by atoms with Crippen LogP contribution < -0.4 is 5.73 Å². The van der Waals surface area contributed by atoms with Crippen LogP contribution in [0.5, 0.6) is 0 Å². The van der Waals surface area contributed by atoms with E-state index in [0.717, 1.165) is 10.7 Å². The van der Waals surface area contributed by atoms with Crippen molar-refractivity contribution < 1.29 is 13.2 Å². The lowest BCUT2D eigenvalue weighted by molar-refractivity contribution is 0.491. The normalized spacial score (nSPS) is 10.8. The van der Waals surface area contributed by atoms with Crippen LogP contribution in [0.3, 0.4) is 0 Å². The Bertz CT molecular complexity index is 529. The summed E-state index contributed by atoms with van der Waals surface area (Å²) in [7, 11) is 0. The summed E-state index contributed by atoms with van der Waals surface area (Å²) in [6, 6.07) is 1.20. The molecule has 6 heteroatoms. The molecule has 84 valence electrons. The van der Waals surface area contributed by atoms with Crippen LogP contribution in [-0.2, 0) is 0 Å². The van der Waals surface area contributed by atoms with Gasteiger partial charge < -0.3 is 5.73 Å². The second-order valence-electron chi connectivity index (χ2n) is 3.36. The van der Waals surface area contributed by atoms with Gasteiger partial charge in [-0.3, -0.25) is 0 Å². The Morgan fingerprint density at radius 2 is 1.75 bits per heavy atom. The Hall–Kier alpha value is -1.98. The number of anilines is 1. The molecule has 0 saturated carbocycles. The number of hydrogen-bond acceptors (Lipinski definition) is 2. The molecule has 2 N–H and O–H groups in total. The molecule has 1 aromatic carbocycles. The highest BCUT2D eigenvalue weighted by Crippen LogP contribution is 2.19. The predicted octanol–water partition coefficient (Wildman–Crippen LogP) is 2.18. The summed E-state index contributed by atoms with van der Waals surface area (Å²) >= 11 is 0. The van der Waals surface area contributed by atoms with Gasteiger partial charge in [0.05, 0.1) is 0 Å². The molecule has 0 aliphatic heterocycles. The van der Waals surface area contributed by atoms with E-state index in [0.29, 0.717) is 11.6 Å². The van der Waals surface area contributed by atoms with Gasteiger partial charge in [-0.05, 0) is 6.92 Å². The molecule has 0 bridgehead atoms. The number of halogens is 3. The van der Waals surface area contributed by atoms with Gasteiger partial charge in [0.2, 0.25) is 0 Å². The Kier molecular flexibility index (Phi) is 2.34. The minimum absolute atomic E-state index is 0.182. The lowest BCUT2D eigenvalue weighted by Crippen LogP contribution is -2.01. The molecule has 3 nitrogen and oxygen atoms in total. The Morgan fingerprint density at radius 1 is 1.12 bits per heavy atom. The Balaban J connectivity index is 2.60. The molecule has 2 rings (SSSR count). The lowest BCUT2D eigenvalue weighted by atomic mass is 10.3. The molecule has 0 amide bonds. The first-order valence-corrected chi connectivity index (χ1v) is 4.45. The summed E-state index contributed by atoms with van der Waals surface area (Å²) in [4.78, 5) is 0. The van der Waals surface area contributed by atoms with Crippen LogP contribution >= 0.6 is 0 Å². The first-order valence-electron chi connectivity index (χ1n) is 4.45. The number of benzene rings is 1. The van der Waals surface area contributed by atoms with Crippen molar-refractivity contribution in [1.29, 1.82) is 0 Å². The molecule has 16 heavy (non-hydrogen) atoms. The zero-order valence-corrected chi connectivity index (χ0v) is 8.34. The van der Waals surface area contributed by atoms with Gasteiger partial charge in [-0.2, -0.15) is 5.10 Å². The molecule has 0 saturated heterocycles. The maximum absolute atomic E-state index is 13.3. The quantitative estimate of drug-likeness (QED) is 0.759. The van der Waals surface area contributed by atoms with E-state index >= 15 is 0 Å². The standard InChI is InChI=1S/C10H8F3N3/c1-5-4-16(15-10(5)14)9-3-7(12)6(11)2-8(9)13/h2-4H,1H3,(H2,14,15). The number of aromatic nitrogens is 2. The highest BCUT2D eigenvalue weighted by Gasteiger charge is 2.13. The van der Waals surface area contributed by atoms with Gasteiger partial charge in [0.25, 0.3) is 0 Å². The second-order valence-corrected chi connectivity index (χ2v) is 3.36. The van der Waals surface area contributed by atoms with E-state index < -0.39 is 17.5 Å². The van der Waals surface area contributed by atoms with Gasteiger partial charge in [0.15, 0.2) is 17.5 Å². The predicted molar refractivity (Wildman–Crippen MR) is 52.6 cm³/mol. The average Bonchev–Trinajstić information content (AvgIpc) is 2.53. The Morgan fingerprint density at radius 3 is 2.31 bits per heavy atom. The largest absolute Gasteiger partial charge is 0.382 e. The van der Waals surface area contributed by atoms with E-state index in [1.54, 1.807) is 6.92 Å². The fourth-order valence-electron chi connectivity index (χ4n) is 1.28. The van der Waals surface area contributed by atoms with Crippen molar-refractivity contribution in [2.45, 2.75) is 6.92 Å². The fourth-order valence-corrected chi connectivity index (χ4v) is 1.28. The minimum atomic E-state index is -1.24. The zero-order valence-electron chi connectivity index (χ0n) is 8.34. The van der Waals surface area contributed by atoms with E-state index in [1.807, 2.05) is 0 Å². The molecule has 1 heterocycles. The molecule has 0 spiro atoms. The average molecular weight is 227 g/mol. The summed E-state index contributed by atoms with van der Waals surface area (Å²) in [6.45, 7) is 1.68. The van der Waals surface area contributed by atoms with Gasteiger partial charge in [0, 0.05) is 23.9 Å². The fraction of sp³-hybridized carbons (Fsp3) is 0.100. The van der Waals surface area contributed by atoms with E-state index in [9.17, 15) is 13.2 Å². The molecule has 0 atom stereocenters. The first-order chi connectivity index (χ1) is 7.49. The van der Waals surface area contributed by atoms with Gasteiger partial charge in [0.1, 0.15) is 11.5 Å². The van der Waals surface area contributed by atoms with Crippen molar-refractivity contribution in [3.8, 4) is 5.69 Å². The molecule has 0 fully saturated rings. The monoisotopic (exact) mass is 227 g/mol. The molecular weight excluding hydrogens is 219 g/mol. The first kappa shape index (κ1) is 10.5. The smallest absolute Gasteiger partial charge is 0.161 e. The van der Waals surface area contributed by atoms with Gasteiger partial charge in [-0.1, -0.05) is 0 Å². The van der Waals surface area contributed by atoms with Crippen molar-refractivity contribution in [2.75, 3.05) is 5.73 Å². The molecular formula is C10H8F3N3. The van der Waals surface area contributed by atoms with Crippen molar-refractivity contribution in [2.24, 2.45) is 0 Å². The zero-order chi connectivity index (χ0) is 11.9. The second kappa shape index (κ2) is 3.55. The van der Waals surface area contributed by atoms with Crippen LogP contribution in [0.15, 0.2) is 18.3 Å². The summed E-state index contributed by atoms with van der Waals surface area (Å²) in [6.07, 6.45) is 1.44. The van der Waals surface area contributed by atoms with Crippen molar-refractivity contribution in [1.82, 2.24) is 9.78 Å². The topological polar surface area (TPSA) is 43.8 Å². The summed E-state index contributed by atoms with van der Waals surface area (Å²) in [5, 5.41) is 3.78. The number of hydrogen-bond donors (Lipinski definition) is 1. The number of rotatable bonds is 1. The number of nitrogens with zero attached hydrogens (tertiary/aromatic N) is 2. The minimum Gasteiger partial charge on any atom is -0.382 e. The third-order valence-electron chi connectivity index (χ3n) is 2.17. The SMILES string of the molecule is Cc1cn(-c2cc(F)c(F)cc2F)nc1N.